The standard InChI is InChI=1S/C23H24N4O3S/c1-14-3-6-21-22(24-14)26-23(31-21)30-18-4-5-19-16(13-29-20(19)11-18)12-27-9-7-17(8-10-27)25-15(2)28/h3-6,11,13,17H,7-10,12H2,1-2H3,(H,25,28). The van der Waals surface area contributed by atoms with Crippen molar-refractivity contribution in [1.29, 1.82) is 0 Å². The molecule has 5 rings (SSSR count). The van der Waals surface area contributed by atoms with E-state index in [4.69, 9.17) is 9.15 Å². The van der Waals surface area contributed by atoms with Crippen LogP contribution in [-0.2, 0) is 11.3 Å². The summed E-state index contributed by atoms with van der Waals surface area (Å²) in [7, 11) is 0. The quantitative estimate of drug-likeness (QED) is 0.491. The van der Waals surface area contributed by atoms with Crippen molar-refractivity contribution in [3.8, 4) is 10.9 Å². The van der Waals surface area contributed by atoms with Gasteiger partial charge in [-0.15, -0.1) is 0 Å². The van der Waals surface area contributed by atoms with Crippen LogP contribution in [0.15, 0.2) is 41.0 Å². The number of likely N-dealkylation sites (tertiary alicyclic amines) is 1. The molecule has 0 spiro atoms. The number of carbonyl (C=O) groups is 1. The number of hydrogen-bond donors (Lipinski definition) is 1. The van der Waals surface area contributed by atoms with Crippen LogP contribution < -0.4 is 10.1 Å². The Morgan fingerprint density at radius 2 is 2.10 bits per heavy atom. The van der Waals surface area contributed by atoms with Crippen LogP contribution in [0.25, 0.3) is 21.3 Å². The molecule has 0 radical (unpaired) electrons. The predicted octanol–water partition coefficient (Wildman–Crippen LogP) is 4.64. The van der Waals surface area contributed by atoms with E-state index in [0.717, 1.165) is 53.8 Å². The Labute approximate surface area is 184 Å². The van der Waals surface area contributed by atoms with E-state index in [1.807, 2.05) is 43.5 Å². The highest BCUT2D eigenvalue weighted by Crippen LogP contribution is 2.33. The summed E-state index contributed by atoms with van der Waals surface area (Å²) in [5.74, 6) is 0.745. The van der Waals surface area contributed by atoms with Gasteiger partial charge in [-0.2, -0.15) is 4.98 Å². The normalized spacial score (nSPS) is 15.5. The summed E-state index contributed by atoms with van der Waals surface area (Å²) < 4.78 is 12.8. The maximum atomic E-state index is 11.2. The Morgan fingerprint density at radius 1 is 1.26 bits per heavy atom. The predicted molar refractivity (Wildman–Crippen MR) is 121 cm³/mol. The number of amides is 1. The highest BCUT2D eigenvalue weighted by Gasteiger charge is 2.21. The van der Waals surface area contributed by atoms with Crippen molar-refractivity contribution in [3.05, 3.63) is 47.9 Å². The Balaban J connectivity index is 1.27. The number of benzene rings is 1. The van der Waals surface area contributed by atoms with Gasteiger partial charge in [0.15, 0.2) is 5.65 Å². The van der Waals surface area contributed by atoms with Crippen molar-refractivity contribution in [2.45, 2.75) is 39.3 Å². The lowest BCUT2D eigenvalue weighted by Crippen LogP contribution is -2.43. The summed E-state index contributed by atoms with van der Waals surface area (Å²) in [6.45, 7) is 6.29. The number of nitrogens with zero attached hydrogens (tertiary/aromatic N) is 3. The zero-order valence-corrected chi connectivity index (χ0v) is 18.4. The number of aryl methyl sites for hydroxylation is 1. The first-order valence-corrected chi connectivity index (χ1v) is 11.3. The van der Waals surface area contributed by atoms with Gasteiger partial charge in [0.05, 0.1) is 11.0 Å². The van der Waals surface area contributed by atoms with Gasteiger partial charge >= 0.3 is 0 Å². The zero-order valence-electron chi connectivity index (χ0n) is 17.6. The van der Waals surface area contributed by atoms with Gasteiger partial charge < -0.3 is 14.5 Å². The van der Waals surface area contributed by atoms with Crippen molar-refractivity contribution in [2.75, 3.05) is 13.1 Å². The summed E-state index contributed by atoms with van der Waals surface area (Å²) >= 11 is 1.48. The molecule has 4 aromatic rings. The first-order valence-electron chi connectivity index (χ1n) is 10.4. The molecule has 0 unspecified atom stereocenters. The van der Waals surface area contributed by atoms with E-state index < -0.39 is 0 Å². The SMILES string of the molecule is CC(=O)NC1CCN(Cc2coc3cc(Oc4nc5nc(C)ccc5s4)ccc23)CC1. The molecule has 7 nitrogen and oxygen atoms in total. The number of nitrogens with one attached hydrogen (secondary N) is 1. The van der Waals surface area contributed by atoms with Gasteiger partial charge in [-0.3, -0.25) is 9.69 Å². The molecule has 4 heterocycles. The van der Waals surface area contributed by atoms with Crippen LogP contribution in [0.5, 0.6) is 10.9 Å². The molecule has 1 N–H and O–H groups in total. The van der Waals surface area contributed by atoms with Crippen LogP contribution in [0, 0.1) is 6.92 Å². The van der Waals surface area contributed by atoms with Gasteiger partial charge in [0.2, 0.25) is 5.91 Å². The molecule has 31 heavy (non-hydrogen) atoms. The number of thiazole rings is 1. The highest BCUT2D eigenvalue weighted by atomic mass is 32.1. The molecule has 0 atom stereocenters. The third kappa shape index (κ3) is 4.40. The fourth-order valence-corrected chi connectivity index (χ4v) is 4.83. The minimum atomic E-state index is 0.0505. The van der Waals surface area contributed by atoms with E-state index in [-0.39, 0.29) is 11.9 Å². The molecule has 0 bridgehead atoms. The van der Waals surface area contributed by atoms with Crippen molar-refractivity contribution in [1.82, 2.24) is 20.2 Å². The van der Waals surface area contributed by atoms with Crippen LogP contribution in [0.1, 0.15) is 31.0 Å². The molecule has 0 aliphatic carbocycles. The lowest BCUT2D eigenvalue weighted by atomic mass is 10.0. The molecule has 1 aliphatic heterocycles. The van der Waals surface area contributed by atoms with E-state index in [2.05, 4.69) is 20.2 Å². The first-order chi connectivity index (χ1) is 15.0. The van der Waals surface area contributed by atoms with Crippen LogP contribution in [0.4, 0.5) is 0 Å². The van der Waals surface area contributed by atoms with Gasteiger partial charge in [0.1, 0.15) is 11.3 Å². The maximum absolute atomic E-state index is 11.2. The van der Waals surface area contributed by atoms with E-state index in [0.29, 0.717) is 16.6 Å². The van der Waals surface area contributed by atoms with Crippen molar-refractivity contribution >= 4 is 38.6 Å². The maximum Gasteiger partial charge on any atom is 0.281 e. The van der Waals surface area contributed by atoms with Crippen LogP contribution in [-0.4, -0.2) is 39.9 Å². The number of pyridine rings is 1. The molecule has 1 amide bonds. The molecule has 1 aliphatic rings. The van der Waals surface area contributed by atoms with Crippen LogP contribution >= 0.6 is 11.3 Å². The third-order valence-electron chi connectivity index (χ3n) is 5.59. The molecule has 8 heteroatoms. The minimum Gasteiger partial charge on any atom is -0.464 e. The van der Waals surface area contributed by atoms with E-state index in [1.54, 1.807) is 6.92 Å². The fraction of sp³-hybridized carbons (Fsp3) is 0.348. The summed E-state index contributed by atoms with van der Waals surface area (Å²) in [5.41, 5.74) is 3.62. The Hall–Kier alpha value is -2.97. The smallest absolute Gasteiger partial charge is 0.281 e. The van der Waals surface area contributed by atoms with Gasteiger partial charge in [0.25, 0.3) is 5.19 Å². The largest absolute Gasteiger partial charge is 0.464 e. The fourth-order valence-electron chi connectivity index (χ4n) is 4.05. The molecular weight excluding hydrogens is 412 g/mol. The molecule has 1 fully saturated rings. The second-order valence-electron chi connectivity index (χ2n) is 8.03. The average molecular weight is 437 g/mol. The molecule has 1 aromatic carbocycles. The number of piperidine rings is 1. The van der Waals surface area contributed by atoms with Crippen molar-refractivity contribution in [3.63, 3.8) is 0 Å². The number of fused-ring (bicyclic) bond motifs is 2. The second-order valence-corrected chi connectivity index (χ2v) is 9.02. The summed E-state index contributed by atoms with van der Waals surface area (Å²) in [5, 5.41) is 4.69. The number of carbonyl (C=O) groups excluding carboxylic acids is 1. The number of aromatic nitrogens is 2. The number of furan rings is 1. The van der Waals surface area contributed by atoms with Gasteiger partial charge in [-0.1, -0.05) is 11.3 Å². The topological polar surface area (TPSA) is 80.5 Å². The number of hydrogen-bond acceptors (Lipinski definition) is 7. The van der Waals surface area contributed by atoms with Crippen LogP contribution in [0.2, 0.25) is 0 Å². The number of rotatable bonds is 5. The van der Waals surface area contributed by atoms with E-state index >= 15 is 0 Å². The molecule has 3 aromatic heterocycles. The van der Waals surface area contributed by atoms with Gasteiger partial charge in [0, 0.05) is 55.3 Å². The highest BCUT2D eigenvalue weighted by molar-refractivity contribution is 7.20. The Bertz CT molecular complexity index is 1240. The minimum absolute atomic E-state index is 0.0505. The Morgan fingerprint density at radius 3 is 2.90 bits per heavy atom. The van der Waals surface area contributed by atoms with Crippen molar-refractivity contribution in [2.24, 2.45) is 0 Å². The molecular formula is C23H24N4O3S. The molecule has 160 valence electrons. The second kappa shape index (κ2) is 8.28. The number of ether oxygens (including phenoxy) is 1. The summed E-state index contributed by atoms with van der Waals surface area (Å²) in [6, 6.07) is 10.2. The van der Waals surface area contributed by atoms with E-state index in [9.17, 15) is 4.79 Å². The van der Waals surface area contributed by atoms with Crippen molar-refractivity contribution < 1.29 is 13.9 Å². The summed E-state index contributed by atoms with van der Waals surface area (Å²) in [6.07, 6.45) is 3.78. The molecule has 1 saturated heterocycles. The third-order valence-corrected chi connectivity index (χ3v) is 6.48. The zero-order chi connectivity index (χ0) is 21.4. The van der Waals surface area contributed by atoms with Gasteiger partial charge in [-0.05, 0) is 44.0 Å². The Kier molecular flexibility index (Phi) is 5.33. The molecule has 0 saturated carbocycles. The monoisotopic (exact) mass is 436 g/mol. The lowest BCUT2D eigenvalue weighted by molar-refractivity contribution is -0.119. The lowest BCUT2D eigenvalue weighted by Gasteiger charge is -2.31. The average Bonchev–Trinajstić information content (AvgIpc) is 3.32. The summed E-state index contributed by atoms with van der Waals surface area (Å²) in [4.78, 5) is 22.6. The van der Waals surface area contributed by atoms with E-state index in [1.165, 1.54) is 16.9 Å². The van der Waals surface area contributed by atoms with Gasteiger partial charge in [-0.25, -0.2) is 4.98 Å². The first kappa shape index (κ1) is 20.0. The van der Waals surface area contributed by atoms with Crippen LogP contribution in [0.3, 0.4) is 0 Å².